The molecule has 0 spiro atoms. The minimum absolute atomic E-state index is 0.0873. The number of hydrogen-bond donors (Lipinski definition) is 2. The van der Waals surface area contributed by atoms with Crippen LogP contribution >= 0.6 is 0 Å². The van der Waals surface area contributed by atoms with Gasteiger partial charge < -0.3 is 15.2 Å². The summed E-state index contributed by atoms with van der Waals surface area (Å²) in [5.74, 6) is -1.63. The molecule has 0 saturated heterocycles. The van der Waals surface area contributed by atoms with E-state index in [1.807, 2.05) is 49.4 Å². The molecule has 0 aliphatic heterocycles. The second-order valence-electron chi connectivity index (χ2n) is 7.05. The van der Waals surface area contributed by atoms with Crippen LogP contribution in [-0.2, 0) is 20.7 Å². The maximum absolute atomic E-state index is 12.4. The number of benzene rings is 2. The summed E-state index contributed by atoms with van der Waals surface area (Å²) < 4.78 is 5.40. The van der Waals surface area contributed by atoms with Crippen LogP contribution in [0, 0.1) is 11.3 Å². The molecule has 3 rings (SSSR count). The molecule has 1 unspecified atom stereocenters. The van der Waals surface area contributed by atoms with Crippen LogP contribution < -0.4 is 5.32 Å². The molecule has 1 fully saturated rings. The summed E-state index contributed by atoms with van der Waals surface area (Å²) in [5, 5.41) is 14.6. The third kappa shape index (κ3) is 4.22. The highest BCUT2D eigenvalue weighted by Gasteiger charge is 2.50. The molecule has 1 aliphatic rings. The van der Waals surface area contributed by atoms with E-state index in [-0.39, 0.29) is 12.5 Å². The van der Waals surface area contributed by atoms with E-state index in [2.05, 4.69) is 5.32 Å². The average Bonchev–Trinajstić information content (AvgIpc) is 3.44. The third-order valence-corrected chi connectivity index (χ3v) is 5.07. The largest absolute Gasteiger partial charge is 0.481 e. The fourth-order valence-corrected chi connectivity index (χ4v) is 3.19. The Morgan fingerprint density at radius 2 is 1.92 bits per heavy atom. The Morgan fingerprint density at radius 3 is 2.58 bits per heavy atom. The first-order valence-corrected chi connectivity index (χ1v) is 9.10. The van der Waals surface area contributed by atoms with Crippen molar-refractivity contribution in [1.29, 1.82) is 0 Å². The summed E-state index contributed by atoms with van der Waals surface area (Å²) in [6, 6.07) is 14.0. The van der Waals surface area contributed by atoms with E-state index in [0.29, 0.717) is 19.6 Å². The van der Waals surface area contributed by atoms with Crippen LogP contribution in [0.15, 0.2) is 42.5 Å². The van der Waals surface area contributed by atoms with Crippen molar-refractivity contribution in [1.82, 2.24) is 5.32 Å². The Bertz CT molecular complexity index is 797. The van der Waals surface area contributed by atoms with E-state index >= 15 is 0 Å². The number of fused-ring (bicyclic) bond motifs is 1. The van der Waals surface area contributed by atoms with Crippen molar-refractivity contribution in [2.75, 3.05) is 19.8 Å². The van der Waals surface area contributed by atoms with Crippen molar-refractivity contribution in [2.45, 2.75) is 26.2 Å². The number of amides is 1. The number of carboxylic acids is 1. The van der Waals surface area contributed by atoms with E-state index in [0.717, 1.165) is 29.2 Å². The predicted octanol–water partition coefficient (Wildman–Crippen LogP) is 3.02. The monoisotopic (exact) mass is 355 g/mol. The average molecular weight is 355 g/mol. The molecule has 1 aliphatic carbocycles. The summed E-state index contributed by atoms with van der Waals surface area (Å²) in [5.41, 5.74) is 0.517. The van der Waals surface area contributed by atoms with Crippen molar-refractivity contribution >= 4 is 22.6 Å². The number of ether oxygens (including phenoxy) is 1. The Hall–Kier alpha value is -2.40. The summed E-state index contributed by atoms with van der Waals surface area (Å²) in [4.78, 5) is 24.0. The SMILES string of the molecule is CCOCC1(C(=O)NCC(Cc2ccc3ccccc3c2)C(=O)O)CC1. The van der Waals surface area contributed by atoms with Gasteiger partial charge in [0.05, 0.1) is 17.9 Å². The van der Waals surface area contributed by atoms with E-state index in [4.69, 9.17) is 4.74 Å². The van der Waals surface area contributed by atoms with Gasteiger partial charge in [0.2, 0.25) is 5.91 Å². The van der Waals surface area contributed by atoms with E-state index < -0.39 is 17.3 Å². The number of carbonyl (C=O) groups is 2. The van der Waals surface area contributed by atoms with Gasteiger partial charge in [-0.2, -0.15) is 0 Å². The van der Waals surface area contributed by atoms with Crippen LogP contribution in [0.5, 0.6) is 0 Å². The molecule has 0 bridgehead atoms. The van der Waals surface area contributed by atoms with Gasteiger partial charge in [-0.05, 0) is 42.5 Å². The minimum Gasteiger partial charge on any atom is -0.481 e. The van der Waals surface area contributed by atoms with Crippen LogP contribution in [0.3, 0.4) is 0 Å². The molecule has 5 heteroatoms. The van der Waals surface area contributed by atoms with Crippen LogP contribution in [0.1, 0.15) is 25.3 Å². The molecule has 0 aromatic heterocycles. The molecule has 2 aromatic rings. The number of nitrogens with one attached hydrogen (secondary N) is 1. The zero-order valence-electron chi connectivity index (χ0n) is 15.0. The van der Waals surface area contributed by atoms with Crippen molar-refractivity contribution in [3.63, 3.8) is 0 Å². The Kier molecular flexibility index (Phi) is 5.57. The maximum atomic E-state index is 12.4. The van der Waals surface area contributed by atoms with Gasteiger partial charge in [-0.25, -0.2) is 0 Å². The highest BCUT2D eigenvalue weighted by atomic mass is 16.5. The normalized spacial score (nSPS) is 16.2. The molecule has 0 radical (unpaired) electrons. The number of carboxylic acid groups (broad SMARTS) is 1. The van der Waals surface area contributed by atoms with Crippen LogP contribution in [0.4, 0.5) is 0 Å². The lowest BCUT2D eigenvalue weighted by Gasteiger charge is -2.18. The predicted molar refractivity (Wildman–Crippen MR) is 99.9 cm³/mol. The lowest BCUT2D eigenvalue weighted by atomic mass is 9.96. The van der Waals surface area contributed by atoms with Crippen molar-refractivity contribution < 1.29 is 19.4 Å². The third-order valence-electron chi connectivity index (χ3n) is 5.07. The molecule has 2 aromatic carbocycles. The fourth-order valence-electron chi connectivity index (χ4n) is 3.19. The fraction of sp³-hybridized carbons (Fsp3) is 0.429. The number of rotatable bonds is 9. The lowest BCUT2D eigenvalue weighted by molar-refractivity contribution is -0.141. The standard InChI is InChI=1S/C21H25NO4/c1-2-26-14-21(9-10-21)20(25)22-13-18(19(23)24)12-15-7-8-16-5-3-4-6-17(16)11-15/h3-8,11,18H,2,9-10,12-14H2,1H3,(H,22,25)(H,23,24). The minimum atomic E-state index is -0.895. The number of aliphatic carboxylic acids is 1. The lowest BCUT2D eigenvalue weighted by Crippen LogP contribution is -2.40. The molecule has 1 amide bonds. The van der Waals surface area contributed by atoms with Crippen molar-refractivity contribution in [2.24, 2.45) is 11.3 Å². The molecule has 1 saturated carbocycles. The van der Waals surface area contributed by atoms with Gasteiger partial charge in [-0.15, -0.1) is 0 Å². The van der Waals surface area contributed by atoms with Gasteiger partial charge >= 0.3 is 5.97 Å². The zero-order chi connectivity index (χ0) is 18.6. The van der Waals surface area contributed by atoms with Crippen LogP contribution in [0.2, 0.25) is 0 Å². The van der Waals surface area contributed by atoms with E-state index in [1.54, 1.807) is 0 Å². The molecule has 0 heterocycles. The molecule has 5 nitrogen and oxygen atoms in total. The highest BCUT2D eigenvalue weighted by molar-refractivity contribution is 5.86. The molecule has 1 atom stereocenters. The summed E-state index contributed by atoms with van der Waals surface area (Å²) in [6.45, 7) is 3.03. The molecular weight excluding hydrogens is 330 g/mol. The molecule has 26 heavy (non-hydrogen) atoms. The number of hydrogen-bond acceptors (Lipinski definition) is 3. The maximum Gasteiger partial charge on any atom is 0.308 e. The number of carbonyl (C=O) groups excluding carboxylic acids is 1. The second-order valence-corrected chi connectivity index (χ2v) is 7.05. The zero-order valence-corrected chi connectivity index (χ0v) is 15.0. The van der Waals surface area contributed by atoms with Crippen LogP contribution in [0.25, 0.3) is 10.8 Å². The Balaban J connectivity index is 1.62. The van der Waals surface area contributed by atoms with Crippen LogP contribution in [-0.4, -0.2) is 36.7 Å². The first-order valence-electron chi connectivity index (χ1n) is 9.10. The summed E-state index contributed by atoms with van der Waals surface area (Å²) >= 11 is 0. The molecule has 138 valence electrons. The van der Waals surface area contributed by atoms with E-state index in [1.165, 1.54) is 0 Å². The Labute approximate surface area is 153 Å². The second kappa shape index (κ2) is 7.87. The quantitative estimate of drug-likeness (QED) is 0.725. The topological polar surface area (TPSA) is 75.6 Å². The molecule has 2 N–H and O–H groups in total. The van der Waals surface area contributed by atoms with Gasteiger partial charge in [0.25, 0.3) is 0 Å². The Morgan fingerprint density at radius 1 is 1.19 bits per heavy atom. The van der Waals surface area contributed by atoms with Gasteiger partial charge in [-0.3, -0.25) is 9.59 Å². The van der Waals surface area contributed by atoms with Gasteiger partial charge in [-0.1, -0.05) is 42.5 Å². The van der Waals surface area contributed by atoms with Gasteiger partial charge in [0.1, 0.15) is 0 Å². The first-order chi connectivity index (χ1) is 12.5. The summed E-state index contributed by atoms with van der Waals surface area (Å²) in [6.07, 6.45) is 2.00. The first kappa shape index (κ1) is 18.4. The summed E-state index contributed by atoms with van der Waals surface area (Å²) in [7, 11) is 0. The van der Waals surface area contributed by atoms with Crippen molar-refractivity contribution in [3.05, 3.63) is 48.0 Å². The van der Waals surface area contributed by atoms with E-state index in [9.17, 15) is 14.7 Å². The van der Waals surface area contributed by atoms with Crippen molar-refractivity contribution in [3.8, 4) is 0 Å². The highest BCUT2D eigenvalue weighted by Crippen LogP contribution is 2.46. The smallest absolute Gasteiger partial charge is 0.308 e. The molecular formula is C21H25NO4. The van der Waals surface area contributed by atoms with Gasteiger partial charge in [0.15, 0.2) is 0 Å². The van der Waals surface area contributed by atoms with Gasteiger partial charge in [0, 0.05) is 13.2 Å².